The van der Waals surface area contributed by atoms with E-state index in [2.05, 4.69) is 14.7 Å². The van der Waals surface area contributed by atoms with Crippen LogP contribution in [-0.2, 0) is 24.4 Å². The minimum Gasteiger partial charge on any atom is -0.488 e. The standard InChI is InChI=1S/C22H26ClN3O4S/c1-28-12-18-19(31-20(24-18)10-7-14-5-3-2-4-6-14)13-29-15-8-9-16(17(23)11-15)21-25-22(27)30-26-21/h8-9,11,14H,2-7,10,12-13H2,1H3,(H,25,26,27). The predicted octanol–water partition coefficient (Wildman–Crippen LogP) is 5.38. The highest BCUT2D eigenvalue weighted by Gasteiger charge is 2.17. The first-order valence-corrected chi connectivity index (χ1v) is 11.8. The molecule has 0 bridgehead atoms. The smallest absolute Gasteiger partial charge is 0.439 e. The fraction of sp³-hybridized carbons (Fsp3) is 0.500. The summed E-state index contributed by atoms with van der Waals surface area (Å²) in [5.41, 5.74) is 1.51. The van der Waals surface area contributed by atoms with Gasteiger partial charge in [0.25, 0.3) is 0 Å². The van der Waals surface area contributed by atoms with Crippen LogP contribution in [0, 0.1) is 5.92 Å². The molecule has 166 valence electrons. The van der Waals surface area contributed by atoms with Crippen LogP contribution < -0.4 is 10.5 Å². The first-order chi connectivity index (χ1) is 15.1. The topological polar surface area (TPSA) is 90.2 Å². The number of H-pyrrole nitrogens is 1. The number of methoxy groups -OCH3 is 1. The van der Waals surface area contributed by atoms with E-state index in [1.165, 1.54) is 38.5 Å². The van der Waals surface area contributed by atoms with Crippen molar-refractivity contribution in [2.45, 2.75) is 58.2 Å². The van der Waals surface area contributed by atoms with E-state index in [0.717, 1.165) is 27.9 Å². The third-order valence-electron chi connectivity index (χ3n) is 5.60. The maximum atomic E-state index is 11.2. The molecule has 0 spiro atoms. The van der Waals surface area contributed by atoms with Crippen LogP contribution in [0.15, 0.2) is 27.5 Å². The summed E-state index contributed by atoms with van der Waals surface area (Å²) in [4.78, 5) is 19.5. The number of aromatic nitrogens is 3. The van der Waals surface area contributed by atoms with Crippen molar-refractivity contribution in [1.29, 1.82) is 0 Å². The third kappa shape index (κ3) is 5.75. The zero-order chi connectivity index (χ0) is 21.6. The van der Waals surface area contributed by atoms with Gasteiger partial charge in [-0.3, -0.25) is 9.51 Å². The Kier molecular flexibility index (Phi) is 7.42. The Morgan fingerprint density at radius 2 is 2.10 bits per heavy atom. The Morgan fingerprint density at radius 1 is 1.26 bits per heavy atom. The van der Waals surface area contributed by atoms with Crippen LogP contribution in [0.2, 0.25) is 5.02 Å². The molecule has 0 saturated heterocycles. The molecular formula is C22H26ClN3O4S. The number of hydrogen-bond acceptors (Lipinski definition) is 7. The van der Waals surface area contributed by atoms with Crippen molar-refractivity contribution in [2.75, 3.05) is 7.11 Å². The highest BCUT2D eigenvalue weighted by atomic mass is 35.5. The lowest BCUT2D eigenvalue weighted by Gasteiger charge is -2.20. The maximum Gasteiger partial charge on any atom is 0.439 e. The molecule has 1 aromatic carbocycles. The second-order valence-electron chi connectivity index (χ2n) is 7.83. The number of hydrogen-bond donors (Lipinski definition) is 1. The molecule has 0 unspecified atom stereocenters. The van der Waals surface area contributed by atoms with Crippen LogP contribution in [0.1, 0.15) is 54.1 Å². The molecule has 0 aliphatic heterocycles. The highest BCUT2D eigenvalue weighted by molar-refractivity contribution is 7.11. The molecule has 1 saturated carbocycles. The minimum absolute atomic E-state index is 0.286. The van der Waals surface area contributed by atoms with Gasteiger partial charge in [0.1, 0.15) is 12.4 Å². The van der Waals surface area contributed by atoms with Gasteiger partial charge in [0, 0.05) is 12.7 Å². The van der Waals surface area contributed by atoms with Gasteiger partial charge >= 0.3 is 5.76 Å². The zero-order valence-electron chi connectivity index (χ0n) is 17.5. The monoisotopic (exact) mass is 463 g/mol. The number of halogens is 1. The summed E-state index contributed by atoms with van der Waals surface area (Å²) in [6, 6.07) is 5.23. The first-order valence-electron chi connectivity index (χ1n) is 10.6. The van der Waals surface area contributed by atoms with Crippen LogP contribution in [-0.4, -0.2) is 22.2 Å². The molecule has 9 heteroatoms. The number of benzene rings is 1. The molecule has 1 fully saturated rings. The summed E-state index contributed by atoms with van der Waals surface area (Å²) in [6.45, 7) is 0.869. The number of aromatic amines is 1. The highest BCUT2D eigenvalue weighted by Crippen LogP contribution is 2.31. The van der Waals surface area contributed by atoms with Crippen molar-refractivity contribution in [3.63, 3.8) is 0 Å². The fourth-order valence-corrected chi connectivity index (χ4v) is 5.24. The summed E-state index contributed by atoms with van der Waals surface area (Å²) >= 11 is 8.04. The number of thiazole rings is 1. The van der Waals surface area contributed by atoms with Gasteiger partial charge < -0.3 is 9.47 Å². The van der Waals surface area contributed by atoms with Crippen molar-refractivity contribution >= 4 is 22.9 Å². The molecular weight excluding hydrogens is 438 g/mol. The summed E-state index contributed by atoms with van der Waals surface area (Å²) in [5.74, 6) is 1.12. The molecule has 2 aromatic heterocycles. The molecule has 4 rings (SSSR count). The van der Waals surface area contributed by atoms with Crippen LogP contribution in [0.3, 0.4) is 0 Å². The molecule has 0 amide bonds. The van der Waals surface area contributed by atoms with E-state index in [9.17, 15) is 4.79 Å². The van der Waals surface area contributed by atoms with Crippen LogP contribution in [0.4, 0.5) is 0 Å². The van der Waals surface area contributed by atoms with Gasteiger partial charge in [-0.2, -0.15) is 0 Å². The zero-order valence-corrected chi connectivity index (χ0v) is 19.1. The normalized spacial score (nSPS) is 14.8. The molecule has 0 atom stereocenters. The van der Waals surface area contributed by atoms with Gasteiger partial charge in [-0.25, -0.2) is 9.78 Å². The van der Waals surface area contributed by atoms with Crippen LogP contribution in [0.25, 0.3) is 11.4 Å². The second-order valence-corrected chi connectivity index (χ2v) is 9.40. The Bertz CT molecular complexity index is 1060. The van der Waals surface area contributed by atoms with E-state index >= 15 is 0 Å². The van der Waals surface area contributed by atoms with Crippen molar-refractivity contribution in [1.82, 2.24) is 15.1 Å². The first kappa shape index (κ1) is 22.0. The van der Waals surface area contributed by atoms with Crippen molar-refractivity contribution in [3.8, 4) is 17.1 Å². The van der Waals surface area contributed by atoms with Gasteiger partial charge in [-0.15, -0.1) is 11.3 Å². The van der Waals surface area contributed by atoms with Gasteiger partial charge in [-0.1, -0.05) is 48.9 Å². The Hall–Kier alpha value is -2.16. The molecule has 1 aliphatic rings. The third-order valence-corrected chi connectivity index (χ3v) is 7.04. The number of nitrogens with one attached hydrogen (secondary N) is 1. The SMILES string of the molecule is COCc1nc(CCC2CCCCC2)sc1COc1ccc(-c2noc(=O)[nH]2)c(Cl)c1. The van der Waals surface area contributed by atoms with E-state index in [4.69, 9.17) is 26.1 Å². The minimum atomic E-state index is -0.624. The number of nitrogens with zero attached hydrogens (tertiary/aromatic N) is 2. The quantitative estimate of drug-likeness (QED) is 0.458. The Balaban J connectivity index is 1.40. The van der Waals surface area contributed by atoms with E-state index in [-0.39, 0.29) is 5.82 Å². The molecule has 7 nitrogen and oxygen atoms in total. The van der Waals surface area contributed by atoms with Gasteiger partial charge in [-0.05, 0) is 37.0 Å². The lowest BCUT2D eigenvalue weighted by atomic mass is 9.86. The van der Waals surface area contributed by atoms with E-state index in [0.29, 0.717) is 29.5 Å². The van der Waals surface area contributed by atoms with Crippen LogP contribution >= 0.6 is 22.9 Å². The number of ether oxygens (including phenoxy) is 2. The maximum absolute atomic E-state index is 11.2. The average molecular weight is 464 g/mol. The Labute approximate surface area is 189 Å². The van der Waals surface area contributed by atoms with E-state index in [1.54, 1.807) is 36.6 Å². The van der Waals surface area contributed by atoms with Gasteiger partial charge in [0.05, 0.1) is 27.2 Å². The van der Waals surface area contributed by atoms with Gasteiger partial charge in [0.2, 0.25) is 0 Å². The molecule has 1 N–H and O–H groups in total. The number of aryl methyl sites for hydroxylation is 1. The number of rotatable bonds is 9. The molecule has 0 radical (unpaired) electrons. The largest absolute Gasteiger partial charge is 0.488 e. The average Bonchev–Trinajstić information content (AvgIpc) is 3.38. The summed E-state index contributed by atoms with van der Waals surface area (Å²) in [5, 5.41) is 5.23. The van der Waals surface area contributed by atoms with Crippen molar-refractivity contribution in [3.05, 3.63) is 49.4 Å². The summed E-state index contributed by atoms with van der Waals surface area (Å²) in [6.07, 6.45) is 9.05. The lowest BCUT2D eigenvalue weighted by molar-refractivity contribution is 0.179. The molecule has 2 heterocycles. The second kappa shape index (κ2) is 10.4. The van der Waals surface area contributed by atoms with Crippen molar-refractivity contribution < 1.29 is 14.0 Å². The lowest BCUT2D eigenvalue weighted by Crippen LogP contribution is -2.07. The Morgan fingerprint density at radius 3 is 2.81 bits per heavy atom. The predicted molar refractivity (Wildman–Crippen MR) is 120 cm³/mol. The summed E-state index contributed by atoms with van der Waals surface area (Å²) < 4.78 is 15.9. The van der Waals surface area contributed by atoms with E-state index < -0.39 is 5.76 Å². The molecule has 3 aromatic rings. The van der Waals surface area contributed by atoms with Gasteiger partial charge in [0.15, 0.2) is 5.82 Å². The van der Waals surface area contributed by atoms with Crippen molar-refractivity contribution in [2.24, 2.45) is 5.92 Å². The molecule has 1 aliphatic carbocycles. The van der Waals surface area contributed by atoms with E-state index in [1.807, 2.05) is 0 Å². The molecule has 31 heavy (non-hydrogen) atoms. The van der Waals surface area contributed by atoms with Crippen LogP contribution in [0.5, 0.6) is 5.75 Å². The fourth-order valence-electron chi connectivity index (χ4n) is 3.98. The summed E-state index contributed by atoms with van der Waals surface area (Å²) in [7, 11) is 1.68.